The van der Waals surface area contributed by atoms with Gasteiger partial charge in [-0.25, -0.2) is 17.9 Å². The number of para-hydroxylation sites is 1. The number of benzene rings is 2. The lowest BCUT2D eigenvalue weighted by Crippen LogP contribution is -2.13. The summed E-state index contributed by atoms with van der Waals surface area (Å²) in [5.41, 5.74) is 5.71. The van der Waals surface area contributed by atoms with Gasteiger partial charge in [0.25, 0.3) is 0 Å². The van der Waals surface area contributed by atoms with Crippen LogP contribution in [0.1, 0.15) is 0 Å². The number of sulfonamides is 1. The Labute approximate surface area is 109 Å². The number of hydrogen-bond donors (Lipinski definition) is 2. The molecule has 0 aliphatic rings. The zero-order chi connectivity index (χ0) is 14.0. The Morgan fingerprint density at radius 1 is 1.05 bits per heavy atom. The summed E-state index contributed by atoms with van der Waals surface area (Å²) < 4.78 is 41.5. The fourth-order valence-electron chi connectivity index (χ4n) is 1.48. The molecule has 0 fully saturated rings. The minimum Gasteiger partial charge on any atom is -0.453 e. The molecule has 0 heterocycles. The van der Waals surface area contributed by atoms with Gasteiger partial charge in [-0.1, -0.05) is 12.1 Å². The summed E-state index contributed by atoms with van der Waals surface area (Å²) >= 11 is 0. The summed E-state index contributed by atoms with van der Waals surface area (Å²) in [6.07, 6.45) is 0. The van der Waals surface area contributed by atoms with Crippen LogP contribution >= 0.6 is 0 Å². The highest BCUT2D eigenvalue weighted by Crippen LogP contribution is 2.30. The molecule has 2 aromatic rings. The predicted molar refractivity (Wildman–Crippen MR) is 68.7 cm³/mol. The van der Waals surface area contributed by atoms with Crippen molar-refractivity contribution in [1.29, 1.82) is 0 Å². The molecular formula is C12H11FN2O3S. The zero-order valence-electron chi connectivity index (χ0n) is 9.71. The highest BCUT2D eigenvalue weighted by atomic mass is 32.2. The first-order chi connectivity index (χ1) is 8.88. The maximum atomic E-state index is 13.5. The van der Waals surface area contributed by atoms with Gasteiger partial charge in [-0.2, -0.15) is 0 Å². The average Bonchev–Trinajstić information content (AvgIpc) is 2.33. The van der Waals surface area contributed by atoms with Crippen molar-refractivity contribution in [2.24, 2.45) is 5.14 Å². The molecule has 0 saturated carbocycles. The Morgan fingerprint density at radius 3 is 2.37 bits per heavy atom. The van der Waals surface area contributed by atoms with Crippen molar-refractivity contribution in [3.63, 3.8) is 0 Å². The Morgan fingerprint density at radius 2 is 1.74 bits per heavy atom. The van der Waals surface area contributed by atoms with E-state index in [4.69, 9.17) is 15.6 Å². The van der Waals surface area contributed by atoms with E-state index in [-0.39, 0.29) is 22.1 Å². The number of primary sulfonamides is 1. The molecular weight excluding hydrogens is 271 g/mol. The fourth-order valence-corrected chi connectivity index (χ4v) is 2.17. The molecule has 0 aromatic heterocycles. The first-order valence-corrected chi connectivity index (χ1v) is 6.77. The van der Waals surface area contributed by atoms with Crippen molar-refractivity contribution < 1.29 is 17.5 Å². The summed E-state index contributed by atoms with van der Waals surface area (Å²) in [5.74, 6) is -0.793. The minimum absolute atomic E-state index is 0.0817. The van der Waals surface area contributed by atoms with Crippen molar-refractivity contribution >= 4 is 15.7 Å². The van der Waals surface area contributed by atoms with Crippen LogP contribution in [0.5, 0.6) is 11.5 Å². The molecule has 0 saturated heterocycles. The maximum Gasteiger partial charge on any atom is 0.241 e. The monoisotopic (exact) mass is 282 g/mol. The summed E-state index contributed by atoms with van der Waals surface area (Å²) in [6, 6.07) is 9.54. The third-order valence-corrected chi connectivity index (χ3v) is 3.26. The van der Waals surface area contributed by atoms with Gasteiger partial charge in [0.05, 0.1) is 0 Å². The molecule has 0 aliphatic heterocycles. The molecule has 0 spiro atoms. The van der Waals surface area contributed by atoms with E-state index < -0.39 is 15.8 Å². The van der Waals surface area contributed by atoms with Crippen LogP contribution in [-0.4, -0.2) is 8.42 Å². The van der Waals surface area contributed by atoms with E-state index in [1.54, 1.807) is 6.07 Å². The largest absolute Gasteiger partial charge is 0.453 e. The van der Waals surface area contributed by atoms with Crippen LogP contribution in [0.4, 0.5) is 10.1 Å². The van der Waals surface area contributed by atoms with Crippen LogP contribution in [0, 0.1) is 5.82 Å². The molecule has 2 rings (SSSR count). The molecule has 0 unspecified atom stereocenters. The second-order valence-corrected chi connectivity index (χ2v) is 5.31. The molecule has 0 bridgehead atoms. The molecule has 19 heavy (non-hydrogen) atoms. The summed E-state index contributed by atoms with van der Waals surface area (Å²) in [7, 11) is -4.02. The number of nitrogens with two attached hydrogens (primary N) is 2. The smallest absolute Gasteiger partial charge is 0.241 e. The van der Waals surface area contributed by atoms with Crippen molar-refractivity contribution in [3.8, 4) is 11.5 Å². The number of hydrogen-bond acceptors (Lipinski definition) is 4. The molecule has 7 heteroatoms. The minimum atomic E-state index is -4.02. The van der Waals surface area contributed by atoms with E-state index in [0.717, 1.165) is 6.07 Å². The summed E-state index contributed by atoms with van der Waals surface area (Å²) in [6.45, 7) is 0. The second kappa shape index (κ2) is 4.87. The quantitative estimate of drug-likeness (QED) is 0.840. The highest BCUT2D eigenvalue weighted by molar-refractivity contribution is 7.89. The van der Waals surface area contributed by atoms with Crippen LogP contribution < -0.4 is 15.6 Å². The normalized spacial score (nSPS) is 11.3. The van der Waals surface area contributed by atoms with Gasteiger partial charge in [-0.15, -0.1) is 0 Å². The predicted octanol–water partition coefficient (Wildman–Crippen LogP) is 1.85. The molecule has 0 radical (unpaired) electrons. The summed E-state index contributed by atoms with van der Waals surface area (Å²) in [4.78, 5) is -0.296. The Balaban J connectivity index is 2.50. The SMILES string of the molecule is Nc1ccc(Oc2ccccc2F)c(S(N)(=O)=O)c1. The lowest BCUT2D eigenvalue weighted by atomic mass is 10.3. The van der Waals surface area contributed by atoms with Gasteiger partial charge in [-0.05, 0) is 30.3 Å². The zero-order valence-corrected chi connectivity index (χ0v) is 10.5. The van der Waals surface area contributed by atoms with Crippen LogP contribution in [0.3, 0.4) is 0 Å². The van der Waals surface area contributed by atoms with E-state index in [9.17, 15) is 12.8 Å². The van der Waals surface area contributed by atoms with Gasteiger partial charge in [0.15, 0.2) is 11.6 Å². The van der Waals surface area contributed by atoms with E-state index in [1.165, 1.54) is 30.3 Å². The molecule has 0 aliphatic carbocycles. The van der Waals surface area contributed by atoms with E-state index >= 15 is 0 Å². The first-order valence-electron chi connectivity index (χ1n) is 5.22. The number of anilines is 1. The Hall–Kier alpha value is -2.12. The van der Waals surface area contributed by atoms with Crippen molar-refractivity contribution in [1.82, 2.24) is 0 Å². The molecule has 0 amide bonds. The van der Waals surface area contributed by atoms with Crippen molar-refractivity contribution in [3.05, 3.63) is 48.3 Å². The van der Waals surface area contributed by atoms with Gasteiger partial charge < -0.3 is 10.5 Å². The highest BCUT2D eigenvalue weighted by Gasteiger charge is 2.17. The van der Waals surface area contributed by atoms with Crippen LogP contribution in [0.2, 0.25) is 0 Å². The van der Waals surface area contributed by atoms with Crippen molar-refractivity contribution in [2.45, 2.75) is 4.90 Å². The molecule has 0 atom stereocenters. The topological polar surface area (TPSA) is 95.4 Å². The van der Waals surface area contributed by atoms with E-state index in [2.05, 4.69) is 0 Å². The fraction of sp³-hybridized carbons (Fsp3) is 0. The first kappa shape index (κ1) is 13.3. The standard InChI is InChI=1S/C12H11FN2O3S/c13-9-3-1-2-4-10(9)18-11-6-5-8(14)7-12(11)19(15,16)17/h1-7H,14H2,(H2,15,16,17). The van der Waals surface area contributed by atoms with Crippen LogP contribution in [-0.2, 0) is 10.0 Å². The summed E-state index contributed by atoms with van der Waals surface area (Å²) in [5, 5.41) is 5.06. The average molecular weight is 282 g/mol. The van der Waals surface area contributed by atoms with Gasteiger partial charge in [0.2, 0.25) is 10.0 Å². The van der Waals surface area contributed by atoms with E-state index in [0.29, 0.717) is 0 Å². The van der Waals surface area contributed by atoms with Crippen molar-refractivity contribution in [2.75, 3.05) is 5.73 Å². The van der Waals surface area contributed by atoms with Gasteiger partial charge in [-0.3, -0.25) is 0 Å². The molecule has 5 nitrogen and oxygen atoms in total. The number of rotatable bonds is 3. The second-order valence-electron chi connectivity index (χ2n) is 3.78. The van der Waals surface area contributed by atoms with E-state index in [1.807, 2.05) is 0 Å². The Kier molecular flexibility index (Phi) is 3.41. The van der Waals surface area contributed by atoms with Crippen LogP contribution in [0.15, 0.2) is 47.4 Å². The number of ether oxygens (including phenoxy) is 1. The van der Waals surface area contributed by atoms with Gasteiger partial charge >= 0.3 is 0 Å². The molecule has 100 valence electrons. The van der Waals surface area contributed by atoms with Crippen LogP contribution in [0.25, 0.3) is 0 Å². The molecule has 4 N–H and O–H groups in total. The number of halogens is 1. The molecule has 2 aromatic carbocycles. The maximum absolute atomic E-state index is 13.5. The third-order valence-electron chi connectivity index (χ3n) is 2.33. The third kappa shape index (κ3) is 3.01. The lowest BCUT2D eigenvalue weighted by Gasteiger charge is -2.10. The Bertz CT molecular complexity index is 717. The van der Waals surface area contributed by atoms with Gasteiger partial charge in [0, 0.05) is 5.69 Å². The lowest BCUT2D eigenvalue weighted by molar-refractivity contribution is 0.431. The van der Waals surface area contributed by atoms with Gasteiger partial charge in [0.1, 0.15) is 10.6 Å². The number of nitrogen functional groups attached to an aromatic ring is 1.